The van der Waals surface area contributed by atoms with E-state index in [-0.39, 0.29) is 0 Å². The van der Waals surface area contributed by atoms with E-state index in [1.165, 1.54) is 0 Å². The highest BCUT2D eigenvalue weighted by atomic mass is 15.3. The zero-order valence-corrected chi connectivity index (χ0v) is 7.46. The Hall–Kier alpha value is -1.16. The van der Waals surface area contributed by atoms with Crippen molar-refractivity contribution in [2.75, 3.05) is 5.43 Å². The number of nitrogen functional groups attached to an aromatic ring is 1. The van der Waals surface area contributed by atoms with Crippen molar-refractivity contribution in [3.8, 4) is 0 Å². The SMILES string of the molecule is CCc1cc(CC)nc(NN)n1. The van der Waals surface area contributed by atoms with Gasteiger partial charge in [0.1, 0.15) is 0 Å². The minimum Gasteiger partial charge on any atom is -0.292 e. The standard InChI is InChI=1S/C8H14N4/c1-3-6-5-7(4-2)11-8(10-6)12-9/h5H,3-4,9H2,1-2H3,(H,10,11,12). The van der Waals surface area contributed by atoms with Crippen molar-refractivity contribution in [1.82, 2.24) is 9.97 Å². The van der Waals surface area contributed by atoms with Crippen LogP contribution in [0.4, 0.5) is 5.95 Å². The van der Waals surface area contributed by atoms with E-state index in [1.54, 1.807) is 0 Å². The van der Waals surface area contributed by atoms with Crippen LogP contribution >= 0.6 is 0 Å². The Morgan fingerprint density at radius 2 is 1.75 bits per heavy atom. The molecule has 1 heterocycles. The zero-order valence-electron chi connectivity index (χ0n) is 7.46. The molecular formula is C8H14N4. The molecule has 0 saturated heterocycles. The van der Waals surface area contributed by atoms with Crippen molar-refractivity contribution in [1.29, 1.82) is 0 Å². The van der Waals surface area contributed by atoms with E-state index >= 15 is 0 Å². The first-order chi connectivity index (χ1) is 5.80. The first-order valence-corrected chi connectivity index (χ1v) is 4.13. The van der Waals surface area contributed by atoms with Crippen molar-refractivity contribution >= 4 is 5.95 Å². The van der Waals surface area contributed by atoms with Gasteiger partial charge in [0.05, 0.1) is 0 Å². The van der Waals surface area contributed by atoms with Gasteiger partial charge in [-0.2, -0.15) is 0 Å². The predicted molar refractivity (Wildman–Crippen MR) is 48.6 cm³/mol. The van der Waals surface area contributed by atoms with Crippen molar-refractivity contribution < 1.29 is 0 Å². The first kappa shape index (κ1) is 8.93. The summed E-state index contributed by atoms with van der Waals surface area (Å²) in [6, 6.07) is 2.00. The topological polar surface area (TPSA) is 63.8 Å². The number of hydrazine groups is 1. The monoisotopic (exact) mass is 166 g/mol. The van der Waals surface area contributed by atoms with E-state index in [4.69, 9.17) is 5.84 Å². The summed E-state index contributed by atoms with van der Waals surface area (Å²) in [5.41, 5.74) is 4.50. The fourth-order valence-electron chi connectivity index (χ4n) is 0.981. The molecule has 0 unspecified atom stereocenters. The summed E-state index contributed by atoms with van der Waals surface area (Å²) in [6.45, 7) is 4.12. The number of nitrogens with one attached hydrogen (secondary N) is 1. The third kappa shape index (κ3) is 1.92. The van der Waals surface area contributed by atoms with Crippen LogP contribution in [0, 0.1) is 0 Å². The van der Waals surface area contributed by atoms with Gasteiger partial charge in [0.2, 0.25) is 5.95 Å². The molecule has 0 bridgehead atoms. The third-order valence-corrected chi connectivity index (χ3v) is 1.69. The molecule has 1 aromatic heterocycles. The number of anilines is 1. The second kappa shape index (κ2) is 4.01. The molecule has 0 aromatic carbocycles. The molecule has 0 amide bonds. The lowest BCUT2D eigenvalue weighted by molar-refractivity contribution is 0.933. The van der Waals surface area contributed by atoms with Crippen LogP contribution in [0.15, 0.2) is 6.07 Å². The average molecular weight is 166 g/mol. The van der Waals surface area contributed by atoms with Crippen LogP contribution < -0.4 is 11.3 Å². The Labute approximate surface area is 72.2 Å². The molecule has 0 fully saturated rings. The van der Waals surface area contributed by atoms with Gasteiger partial charge < -0.3 is 0 Å². The number of rotatable bonds is 3. The Kier molecular flexibility index (Phi) is 2.99. The van der Waals surface area contributed by atoms with Crippen LogP contribution in [0.5, 0.6) is 0 Å². The molecule has 4 heteroatoms. The molecule has 0 radical (unpaired) electrons. The van der Waals surface area contributed by atoms with E-state index in [1.807, 2.05) is 6.07 Å². The lowest BCUT2D eigenvalue weighted by Crippen LogP contribution is -2.12. The van der Waals surface area contributed by atoms with Crippen molar-refractivity contribution in [3.63, 3.8) is 0 Å². The van der Waals surface area contributed by atoms with Gasteiger partial charge >= 0.3 is 0 Å². The molecule has 0 aliphatic rings. The van der Waals surface area contributed by atoms with Crippen LogP contribution in [-0.2, 0) is 12.8 Å². The lowest BCUT2D eigenvalue weighted by atomic mass is 10.2. The second-order valence-corrected chi connectivity index (χ2v) is 2.53. The largest absolute Gasteiger partial charge is 0.292 e. The maximum Gasteiger partial charge on any atom is 0.237 e. The molecule has 0 aliphatic heterocycles. The molecule has 0 saturated carbocycles. The van der Waals surface area contributed by atoms with Gasteiger partial charge in [-0.25, -0.2) is 15.8 Å². The summed E-state index contributed by atoms with van der Waals surface area (Å²) < 4.78 is 0. The van der Waals surface area contributed by atoms with E-state index in [2.05, 4.69) is 29.2 Å². The quantitative estimate of drug-likeness (QED) is 0.517. The highest BCUT2D eigenvalue weighted by Crippen LogP contribution is 2.05. The number of aryl methyl sites for hydroxylation is 2. The minimum atomic E-state index is 0.506. The first-order valence-electron chi connectivity index (χ1n) is 4.13. The van der Waals surface area contributed by atoms with Crippen LogP contribution in [0.2, 0.25) is 0 Å². The molecule has 4 nitrogen and oxygen atoms in total. The van der Waals surface area contributed by atoms with Crippen molar-refractivity contribution in [2.24, 2.45) is 5.84 Å². The number of aromatic nitrogens is 2. The average Bonchev–Trinajstić information content (AvgIpc) is 2.16. The molecule has 1 rings (SSSR count). The highest BCUT2D eigenvalue weighted by Gasteiger charge is 1.99. The maximum absolute atomic E-state index is 5.22. The second-order valence-electron chi connectivity index (χ2n) is 2.53. The van der Waals surface area contributed by atoms with Gasteiger partial charge in [-0.15, -0.1) is 0 Å². The summed E-state index contributed by atoms with van der Waals surface area (Å²) >= 11 is 0. The molecule has 12 heavy (non-hydrogen) atoms. The molecule has 66 valence electrons. The Balaban J connectivity index is 3.01. The van der Waals surface area contributed by atoms with Gasteiger partial charge in [0.25, 0.3) is 0 Å². The number of hydrogen-bond acceptors (Lipinski definition) is 4. The Morgan fingerprint density at radius 1 is 1.25 bits per heavy atom. The molecule has 3 N–H and O–H groups in total. The van der Waals surface area contributed by atoms with Crippen LogP contribution in [-0.4, -0.2) is 9.97 Å². The zero-order chi connectivity index (χ0) is 8.97. The van der Waals surface area contributed by atoms with Gasteiger partial charge in [0.15, 0.2) is 0 Å². The van der Waals surface area contributed by atoms with Crippen molar-refractivity contribution in [2.45, 2.75) is 26.7 Å². The smallest absolute Gasteiger partial charge is 0.237 e. The van der Waals surface area contributed by atoms with E-state index in [0.29, 0.717) is 5.95 Å². The van der Waals surface area contributed by atoms with Gasteiger partial charge in [0, 0.05) is 11.4 Å². The summed E-state index contributed by atoms with van der Waals surface area (Å²) in [6.07, 6.45) is 1.81. The van der Waals surface area contributed by atoms with Crippen LogP contribution in [0.3, 0.4) is 0 Å². The predicted octanol–water partition coefficient (Wildman–Crippen LogP) is 0.887. The Bertz CT molecular complexity index is 204. The normalized spacial score (nSPS) is 9.92. The lowest BCUT2D eigenvalue weighted by Gasteiger charge is -2.03. The summed E-state index contributed by atoms with van der Waals surface area (Å²) in [4.78, 5) is 8.34. The number of nitrogens with zero attached hydrogens (tertiary/aromatic N) is 2. The van der Waals surface area contributed by atoms with Gasteiger partial charge in [-0.1, -0.05) is 13.8 Å². The number of nitrogens with two attached hydrogens (primary N) is 1. The number of hydrogen-bond donors (Lipinski definition) is 2. The molecule has 0 aliphatic carbocycles. The molecule has 0 atom stereocenters. The van der Waals surface area contributed by atoms with Gasteiger partial charge in [-0.05, 0) is 18.9 Å². The molecule has 1 aromatic rings. The summed E-state index contributed by atoms with van der Waals surface area (Å²) in [5, 5.41) is 0. The minimum absolute atomic E-state index is 0.506. The van der Waals surface area contributed by atoms with E-state index < -0.39 is 0 Å². The fourth-order valence-corrected chi connectivity index (χ4v) is 0.981. The summed E-state index contributed by atoms with van der Waals surface area (Å²) in [7, 11) is 0. The van der Waals surface area contributed by atoms with E-state index in [9.17, 15) is 0 Å². The van der Waals surface area contributed by atoms with Crippen molar-refractivity contribution in [3.05, 3.63) is 17.5 Å². The maximum atomic E-state index is 5.22. The van der Waals surface area contributed by atoms with Crippen LogP contribution in [0.1, 0.15) is 25.2 Å². The molecule has 0 spiro atoms. The molecular weight excluding hydrogens is 152 g/mol. The third-order valence-electron chi connectivity index (χ3n) is 1.69. The highest BCUT2D eigenvalue weighted by molar-refractivity contribution is 5.26. The summed E-state index contributed by atoms with van der Waals surface area (Å²) in [5.74, 6) is 5.73. The fraction of sp³-hybridized carbons (Fsp3) is 0.500. The van der Waals surface area contributed by atoms with E-state index in [0.717, 1.165) is 24.2 Å². The van der Waals surface area contributed by atoms with Crippen LogP contribution in [0.25, 0.3) is 0 Å². The Morgan fingerprint density at radius 3 is 2.08 bits per heavy atom. The van der Waals surface area contributed by atoms with Gasteiger partial charge in [-0.3, -0.25) is 5.43 Å².